The number of rotatable bonds is 4. The Morgan fingerprint density at radius 3 is 2.26 bits per heavy atom. The predicted molar refractivity (Wildman–Crippen MR) is 85.4 cm³/mol. The summed E-state index contributed by atoms with van der Waals surface area (Å²) in [5, 5.41) is 0.321. The number of hydrogen-bond donors (Lipinski definition) is 0. The predicted octanol–water partition coefficient (Wildman–Crippen LogP) is 2.88. The molecule has 0 aliphatic heterocycles. The molecule has 0 spiro atoms. The van der Waals surface area contributed by atoms with Gasteiger partial charge in [-0.25, -0.2) is 9.78 Å². The Labute approximate surface area is 132 Å². The molecular weight excluding hydrogens is 298 g/mol. The second kappa shape index (κ2) is 6.00. The minimum Gasteiger partial charge on any atom is -0.496 e. The Balaban J connectivity index is 2.27. The molecule has 6 nitrogen and oxygen atoms in total. The molecule has 1 heterocycles. The van der Waals surface area contributed by atoms with Gasteiger partial charge in [-0.15, -0.1) is 0 Å². The molecule has 0 aliphatic carbocycles. The van der Waals surface area contributed by atoms with Crippen molar-refractivity contribution in [2.45, 2.75) is 0 Å². The van der Waals surface area contributed by atoms with Crippen LogP contribution in [-0.2, 0) is 0 Å². The van der Waals surface area contributed by atoms with Gasteiger partial charge in [0.2, 0.25) is 5.89 Å². The number of ether oxygens (including phenoxy) is 3. The first-order valence-electron chi connectivity index (χ1n) is 6.88. The summed E-state index contributed by atoms with van der Waals surface area (Å²) in [7, 11) is 4.57. The van der Waals surface area contributed by atoms with Gasteiger partial charge >= 0.3 is 5.63 Å². The van der Waals surface area contributed by atoms with E-state index >= 15 is 0 Å². The average Bonchev–Trinajstić information content (AvgIpc) is 2.60. The molecule has 2 aromatic carbocycles. The van der Waals surface area contributed by atoms with Crippen LogP contribution in [0.5, 0.6) is 17.2 Å². The van der Waals surface area contributed by atoms with Crippen molar-refractivity contribution < 1.29 is 18.6 Å². The maximum Gasteiger partial charge on any atom is 0.347 e. The summed E-state index contributed by atoms with van der Waals surface area (Å²) in [5.41, 5.74) is 0.556. The highest BCUT2D eigenvalue weighted by molar-refractivity contribution is 5.83. The molecule has 0 amide bonds. The molecule has 0 bridgehead atoms. The Hall–Kier alpha value is -3.02. The van der Waals surface area contributed by atoms with Crippen molar-refractivity contribution >= 4 is 10.9 Å². The first-order chi connectivity index (χ1) is 11.2. The molecule has 3 rings (SSSR count). The largest absolute Gasteiger partial charge is 0.496 e. The summed E-state index contributed by atoms with van der Waals surface area (Å²) in [4.78, 5) is 16.7. The fraction of sp³-hybridized carbons (Fsp3) is 0.176. The summed E-state index contributed by atoms with van der Waals surface area (Å²) in [5.74, 6) is 1.69. The number of aromatic nitrogens is 1. The minimum absolute atomic E-state index is 0.187. The highest BCUT2D eigenvalue weighted by Crippen LogP contribution is 2.32. The van der Waals surface area contributed by atoms with Crippen LogP contribution in [0.15, 0.2) is 45.6 Å². The van der Waals surface area contributed by atoms with Crippen molar-refractivity contribution in [3.8, 4) is 28.7 Å². The fourth-order valence-corrected chi connectivity index (χ4v) is 2.34. The molecule has 0 N–H and O–H groups in total. The zero-order valence-electron chi connectivity index (χ0n) is 13.0. The van der Waals surface area contributed by atoms with Crippen molar-refractivity contribution in [1.29, 1.82) is 0 Å². The maximum atomic E-state index is 12.3. The Bertz CT molecular complexity index is 916. The SMILES string of the molecule is COc1cc2nc(-c3ccccc3OC)oc(=O)c2cc1OC. The highest BCUT2D eigenvalue weighted by atomic mass is 16.5. The Kier molecular flexibility index (Phi) is 3.89. The highest BCUT2D eigenvalue weighted by Gasteiger charge is 2.15. The van der Waals surface area contributed by atoms with Gasteiger partial charge in [-0.3, -0.25) is 0 Å². The molecule has 6 heteroatoms. The lowest BCUT2D eigenvalue weighted by Gasteiger charge is -2.10. The minimum atomic E-state index is -0.503. The van der Waals surface area contributed by atoms with E-state index in [4.69, 9.17) is 18.6 Å². The summed E-state index contributed by atoms with van der Waals surface area (Å²) in [6, 6.07) is 10.4. The van der Waals surface area contributed by atoms with Crippen LogP contribution >= 0.6 is 0 Å². The smallest absolute Gasteiger partial charge is 0.347 e. The lowest BCUT2D eigenvalue weighted by molar-refractivity contribution is 0.355. The monoisotopic (exact) mass is 313 g/mol. The van der Waals surface area contributed by atoms with Gasteiger partial charge < -0.3 is 18.6 Å². The molecule has 3 aromatic rings. The summed E-state index contributed by atoms with van der Waals surface area (Å²) >= 11 is 0. The van der Waals surface area contributed by atoms with Crippen LogP contribution in [0.3, 0.4) is 0 Å². The Morgan fingerprint density at radius 1 is 0.913 bits per heavy atom. The van der Waals surface area contributed by atoms with E-state index in [2.05, 4.69) is 4.98 Å². The second-order valence-corrected chi connectivity index (χ2v) is 4.73. The van der Waals surface area contributed by atoms with E-state index in [-0.39, 0.29) is 5.89 Å². The third-order valence-corrected chi connectivity index (χ3v) is 3.47. The quantitative estimate of drug-likeness (QED) is 0.737. The lowest BCUT2D eigenvalue weighted by atomic mass is 10.2. The maximum absolute atomic E-state index is 12.3. The number of nitrogens with zero attached hydrogens (tertiary/aromatic N) is 1. The number of benzene rings is 2. The standard InChI is InChI=1S/C17H15NO5/c1-20-13-7-5-4-6-10(13)16-18-12-9-15(22-3)14(21-2)8-11(12)17(19)23-16/h4-9H,1-3H3. The number of hydrogen-bond acceptors (Lipinski definition) is 6. The van der Waals surface area contributed by atoms with Crippen LogP contribution in [0.1, 0.15) is 0 Å². The normalized spacial score (nSPS) is 10.6. The molecule has 0 fully saturated rings. The van der Waals surface area contributed by atoms with Crippen molar-refractivity contribution in [3.63, 3.8) is 0 Å². The third-order valence-electron chi connectivity index (χ3n) is 3.47. The van der Waals surface area contributed by atoms with Crippen LogP contribution in [0, 0.1) is 0 Å². The first-order valence-corrected chi connectivity index (χ1v) is 6.88. The third kappa shape index (κ3) is 2.59. The van der Waals surface area contributed by atoms with Gasteiger partial charge in [-0.2, -0.15) is 0 Å². The van der Waals surface area contributed by atoms with E-state index in [0.717, 1.165) is 0 Å². The summed E-state index contributed by atoms with van der Waals surface area (Å²) in [6.07, 6.45) is 0. The lowest BCUT2D eigenvalue weighted by Crippen LogP contribution is -2.04. The van der Waals surface area contributed by atoms with Crippen molar-refractivity contribution in [3.05, 3.63) is 46.8 Å². The van der Waals surface area contributed by atoms with E-state index in [1.54, 1.807) is 31.4 Å². The molecule has 0 unspecified atom stereocenters. The van der Waals surface area contributed by atoms with E-state index in [1.807, 2.05) is 12.1 Å². The molecule has 0 saturated carbocycles. The molecule has 23 heavy (non-hydrogen) atoms. The Morgan fingerprint density at radius 2 is 1.57 bits per heavy atom. The van der Waals surface area contributed by atoms with Gasteiger partial charge in [0.25, 0.3) is 0 Å². The van der Waals surface area contributed by atoms with E-state index < -0.39 is 5.63 Å². The molecule has 0 atom stereocenters. The van der Waals surface area contributed by atoms with Crippen LogP contribution in [0.4, 0.5) is 0 Å². The zero-order chi connectivity index (χ0) is 16.4. The number of para-hydroxylation sites is 1. The van der Waals surface area contributed by atoms with Gasteiger partial charge in [0.05, 0.1) is 37.8 Å². The van der Waals surface area contributed by atoms with Crippen LogP contribution in [0.25, 0.3) is 22.4 Å². The van der Waals surface area contributed by atoms with Crippen LogP contribution in [-0.4, -0.2) is 26.3 Å². The molecule has 118 valence electrons. The van der Waals surface area contributed by atoms with Crippen LogP contribution in [0.2, 0.25) is 0 Å². The number of fused-ring (bicyclic) bond motifs is 1. The zero-order valence-corrected chi connectivity index (χ0v) is 13.0. The van der Waals surface area contributed by atoms with Crippen molar-refractivity contribution in [2.24, 2.45) is 0 Å². The molecule has 0 radical (unpaired) electrons. The molecular formula is C17H15NO5. The van der Waals surface area contributed by atoms with Gasteiger partial charge in [0, 0.05) is 12.1 Å². The van der Waals surface area contributed by atoms with Crippen molar-refractivity contribution in [2.75, 3.05) is 21.3 Å². The van der Waals surface area contributed by atoms with Crippen LogP contribution < -0.4 is 19.8 Å². The van der Waals surface area contributed by atoms with E-state index in [1.165, 1.54) is 14.2 Å². The van der Waals surface area contributed by atoms with Gasteiger partial charge in [-0.05, 0) is 12.1 Å². The average molecular weight is 313 g/mol. The van der Waals surface area contributed by atoms with E-state index in [9.17, 15) is 4.79 Å². The number of methoxy groups -OCH3 is 3. The first kappa shape index (κ1) is 14.9. The van der Waals surface area contributed by atoms with Gasteiger partial charge in [-0.1, -0.05) is 12.1 Å². The van der Waals surface area contributed by atoms with E-state index in [0.29, 0.717) is 33.7 Å². The van der Waals surface area contributed by atoms with Gasteiger partial charge in [0.15, 0.2) is 11.5 Å². The van der Waals surface area contributed by atoms with Gasteiger partial charge in [0.1, 0.15) is 5.75 Å². The van der Waals surface area contributed by atoms with Crippen molar-refractivity contribution in [1.82, 2.24) is 4.98 Å². The fourth-order valence-electron chi connectivity index (χ4n) is 2.34. The summed E-state index contributed by atoms with van der Waals surface area (Å²) < 4.78 is 21.1. The second-order valence-electron chi connectivity index (χ2n) is 4.73. The molecule has 0 saturated heterocycles. The summed E-state index contributed by atoms with van der Waals surface area (Å²) in [6.45, 7) is 0. The molecule has 1 aromatic heterocycles. The topological polar surface area (TPSA) is 70.8 Å². The molecule has 0 aliphatic rings.